The molecule has 0 radical (unpaired) electrons. The molecule has 156 valence electrons. The summed E-state index contributed by atoms with van der Waals surface area (Å²) in [5.74, 6) is -0.253. The van der Waals surface area contributed by atoms with E-state index in [1.807, 2.05) is 0 Å². The summed E-state index contributed by atoms with van der Waals surface area (Å²) in [6.07, 6.45) is -5.37. The van der Waals surface area contributed by atoms with Crippen LogP contribution in [0, 0.1) is 0 Å². The van der Waals surface area contributed by atoms with E-state index in [0.29, 0.717) is 11.3 Å². The van der Waals surface area contributed by atoms with Crippen molar-refractivity contribution in [3.05, 3.63) is 53.6 Å². The molecule has 11 heteroatoms. The summed E-state index contributed by atoms with van der Waals surface area (Å²) in [6.45, 7) is 0. The van der Waals surface area contributed by atoms with Crippen molar-refractivity contribution < 1.29 is 27.4 Å². The predicted molar refractivity (Wildman–Crippen MR) is 102 cm³/mol. The number of hydrogen-bond donors (Lipinski definition) is 3. The summed E-state index contributed by atoms with van der Waals surface area (Å²) >= 11 is 0. The molecule has 0 amide bonds. The molecule has 0 bridgehead atoms. The van der Waals surface area contributed by atoms with E-state index in [2.05, 4.69) is 9.98 Å². The number of hydrogen-bond acceptors (Lipinski definition) is 4. The van der Waals surface area contributed by atoms with Crippen LogP contribution in [0.25, 0.3) is 0 Å². The molecule has 8 nitrogen and oxygen atoms in total. The van der Waals surface area contributed by atoms with Crippen molar-refractivity contribution in [3.63, 3.8) is 0 Å². The lowest BCUT2D eigenvalue weighted by atomic mass is 10.1. The number of nitrogens with two attached hydrogens (primary N) is 3. The minimum Gasteiger partial charge on any atom is -0.457 e. The molecule has 2 aromatic rings. The number of ether oxygens (including phenoxy) is 3. The summed E-state index contributed by atoms with van der Waals surface area (Å²) in [6, 6.07) is 9.02. The van der Waals surface area contributed by atoms with Gasteiger partial charge in [-0.15, -0.1) is 0 Å². The average Bonchev–Trinajstić information content (AvgIpc) is 2.63. The van der Waals surface area contributed by atoms with Gasteiger partial charge in [0.05, 0.1) is 16.8 Å². The molecule has 0 saturated carbocycles. The van der Waals surface area contributed by atoms with E-state index in [1.165, 1.54) is 44.6 Å². The first-order chi connectivity index (χ1) is 13.6. The molecule has 29 heavy (non-hydrogen) atoms. The SMILES string of the molecule is COC(OC)c1cc(N=C(N)N=C(N)N)ccc1Oc1cccc(C(F)(F)F)c1. The molecule has 0 aliphatic rings. The van der Waals surface area contributed by atoms with Gasteiger partial charge in [0.2, 0.25) is 5.96 Å². The molecule has 2 aromatic carbocycles. The van der Waals surface area contributed by atoms with Crippen molar-refractivity contribution in [3.8, 4) is 11.5 Å². The smallest absolute Gasteiger partial charge is 0.416 e. The Bertz CT molecular complexity index is 908. The first-order valence-corrected chi connectivity index (χ1v) is 8.12. The van der Waals surface area contributed by atoms with Gasteiger partial charge in [-0.2, -0.15) is 18.2 Å². The number of rotatable bonds is 6. The molecule has 0 atom stereocenters. The van der Waals surface area contributed by atoms with Crippen LogP contribution in [-0.4, -0.2) is 26.1 Å². The molecule has 0 aliphatic heterocycles. The van der Waals surface area contributed by atoms with Gasteiger partial charge < -0.3 is 31.4 Å². The number of guanidine groups is 2. The van der Waals surface area contributed by atoms with Crippen LogP contribution in [-0.2, 0) is 15.7 Å². The Morgan fingerprint density at radius 2 is 1.69 bits per heavy atom. The minimum absolute atomic E-state index is 0.0108. The number of aliphatic imine (C=N–C) groups is 2. The second-order valence-electron chi connectivity index (χ2n) is 5.66. The maximum atomic E-state index is 12.9. The number of methoxy groups -OCH3 is 2. The lowest BCUT2D eigenvalue weighted by molar-refractivity contribution is -0.137. The van der Waals surface area contributed by atoms with Crippen LogP contribution in [0.1, 0.15) is 17.4 Å². The lowest BCUT2D eigenvalue weighted by Gasteiger charge is -2.19. The summed E-state index contributed by atoms with van der Waals surface area (Å²) in [5, 5.41) is 0. The highest BCUT2D eigenvalue weighted by Crippen LogP contribution is 2.37. The Morgan fingerprint density at radius 1 is 1.00 bits per heavy atom. The number of alkyl halides is 3. The van der Waals surface area contributed by atoms with E-state index in [9.17, 15) is 13.2 Å². The molecule has 2 rings (SSSR count). The van der Waals surface area contributed by atoms with E-state index in [0.717, 1.165) is 12.1 Å². The molecule has 0 spiro atoms. The quantitative estimate of drug-likeness (QED) is 0.381. The second kappa shape index (κ2) is 9.26. The topological polar surface area (TPSA) is 130 Å². The Hall–Kier alpha value is -3.31. The van der Waals surface area contributed by atoms with Gasteiger partial charge in [-0.25, -0.2) is 4.99 Å². The number of nitrogens with zero attached hydrogens (tertiary/aromatic N) is 2. The fraction of sp³-hybridized carbons (Fsp3) is 0.222. The van der Waals surface area contributed by atoms with Crippen LogP contribution in [0.2, 0.25) is 0 Å². The fourth-order valence-electron chi connectivity index (χ4n) is 2.39. The largest absolute Gasteiger partial charge is 0.457 e. The van der Waals surface area contributed by atoms with Gasteiger partial charge in [0.25, 0.3) is 0 Å². The van der Waals surface area contributed by atoms with Crippen molar-refractivity contribution in [2.75, 3.05) is 14.2 Å². The molecule has 0 unspecified atom stereocenters. The van der Waals surface area contributed by atoms with E-state index in [-0.39, 0.29) is 23.4 Å². The summed E-state index contributed by atoms with van der Waals surface area (Å²) in [4.78, 5) is 7.65. The van der Waals surface area contributed by atoms with Crippen molar-refractivity contribution in [2.45, 2.75) is 12.5 Å². The zero-order valence-corrected chi connectivity index (χ0v) is 15.6. The Labute approximate surface area is 164 Å². The van der Waals surface area contributed by atoms with Crippen LogP contribution >= 0.6 is 0 Å². The van der Waals surface area contributed by atoms with Crippen molar-refractivity contribution >= 4 is 17.6 Å². The van der Waals surface area contributed by atoms with Gasteiger partial charge in [0.15, 0.2) is 12.2 Å². The maximum Gasteiger partial charge on any atom is 0.416 e. The molecule has 6 N–H and O–H groups in total. The third-order valence-corrected chi connectivity index (χ3v) is 3.55. The number of halogens is 3. The van der Waals surface area contributed by atoms with Crippen LogP contribution in [0.15, 0.2) is 52.4 Å². The van der Waals surface area contributed by atoms with Gasteiger partial charge in [0, 0.05) is 14.2 Å². The normalized spacial score (nSPS) is 12.1. The van der Waals surface area contributed by atoms with Gasteiger partial charge in [0.1, 0.15) is 11.5 Å². The fourth-order valence-corrected chi connectivity index (χ4v) is 2.39. The van der Waals surface area contributed by atoms with Crippen LogP contribution in [0.5, 0.6) is 11.5 Å². The monoisotopic (exact) mass is 411 g/mol. The highest BCUT2D eigenvalue weighted by atomic mass is 19.4. The van der Waals surface area contributed by atoms with Crippen LogP contribution < -0.4 is 21.9 Å². The lowest BCUT2D eigenvalue weighted by Crippen LogP contribution is -2.26. The second-order valence-corrected chi connectivity index (χ2v) is 5.66. The molecule has 0 heterocycles. The maximum absolute atomic E-state index is 12.9. The molecule has 0 aromatic heterocycles. The van der Waals surface area contributed by atoms with Gasteiger partial charge in [-0.05, 0) is 36.4 Å². The van der Waals surface area contributed by atoms with E-state index < -0.39 is 18.0 Å². The van der Waals surface area contributed by atoms with Crippen molar-refractivity contribution in [1.82, 2.24) is 0 Å². The van der Waals surface area contributed by atoms with Crippen molar-refractivity contribution in [2.24, 2.45) is 27.2 Å². The van der Waals surface area contributed by atoms with Crippen LogP contribution in [0.4, 0.5) is 18.9 Å². The molecule has 0 fully saturated rings. The molecular formula is C18H20F3N5O3. The Kier molecular flexibility index (Phi) is 7.02. The van der Waals surface area contributed by atoms with E-state index in [1.54, 1.807) is 0 Å². The Balaban J connectivity index is 2.45. The minimum atomic E-state index is -4.49. The highest BCUT2D eigenvalue weighted by molar-refractivity contribution is 5.93. The molecular weight excluding hydrogens is 391 g/mol. The number of benzene rings is 2. The van der Waals surface area contributed by atoms with Gasteiger partial charge in [-0.1, -0.05) is 6.07 Å². The van der Waals surface area contributed by atoms with Crippen LogP contribution in [0.3, 0.4) is 0 Å². The molecule has 0 saturated heterocycles. The first kappa shape index (κ1) is 22.0. The third-order valence-electron chi connectivity index (χ3n) is 3.55. The molecule has 0 aliphatic carbocycles. The predicted octanol–water partition coefficient (Wildman–Crippen LogP) is 3.01. The summed E-state index contributed by atoms with van der Waals surface area (Å²) < 4.78 is 54.9. The van der Waals surface area contributed by atoms with E-state index in [4.69, 9.17) is 31.4 Å². The van der Waals surface area contributed by atoms with E-state index >= 15 is 0 Å². The van der Waals surface area contributed by atoms with Crippen molar-refractivity contribution in [1.29, 1.82) is 0 Å². The van der Waals surface area contributed by atoms with Gasteiger partial charge in [-0.3, -0.25) is 0 Å². The van der Waals surface area contributed by atoms with Gasteiger partial charge >= 0.3 is 6.18 Å². The zero-order valence-electron chi connectivity index (χ0n) is 15.6. The average molecular weight is 411 g/mol. The standard InChI is InChI=1S/C18H20F3N5O3/c1-27-15(28-2)13-9-11(25-17(24)26-16(22)23)6-7-14(13)29-12-5-3-4-10(8-12)18(19,20)21/h3-9,15H,1-2H3,(H6,22,23,24,25,26). The third kappa shape index (κ3) is 6.09. The first-order valence-electron chi connectivity index (χ1n) is 8.12. The Morgan fingerprint density at radius 3 is 2.28 bits per heavy atom. The highest BCUT2D eigenvalue weighted by Gasteiger charge is 2.30. The zero-order chi connectivity index (χ0) is 21.6. The summed E-state index contributed by atoms with van der Waals surface area (Å²) in [7, 11) is 2.79. The summed E-state index contributed by atoms with van der Waals surface area (Å²) in [5.41, 5.74) is 16.0.